The summed E-state index contributed by atoms with van der Waals surface area (Å²) in [6.45, 7) is 0. The summed E-state index contributed by atoms with van der Waals surface area (Å²) < 4.78 is 13.9. The first-order valence-electron chi connectivity index (χ1n) is 4.67. The first-order valence-corrected chi connectivity index (χ1v) is 5.05. The van der Waals surface area contributed by atoms with Crippen molar-refractivity contribution in [2.75, 3.05) is 0 Å². The highest BCUT2D eigenvalue weighted by Gasteiger charge is 2.12. The van der Waals surface area contributed by atoms with Crippen LogP contribution in [0.5, 0.6) is 0 Å². The molecule has 2 aromatic rings. The van der Waals surface area contributed by atoms with Crippen LogP contribution in [0.1, 0.15) is 5.56 Å². The summed E-state index contributed by atoms with van der Waals surface area (Å²) in [5.74, 6) is -0.568. The molecule has 0 fully saturated rings. The van der Waals surface area contributed by atoms with E-state index in [-0.39, 0.29) is 10.6 Å². The fraction of sp³-hybridized carbons (Fsp3) is 0. The highest BCUT2D eigenvalue weighted by atomic mass is 35.5. The predicted octanol–water partition coefficient (Wildman–Crippen LogP) is 4.02. The number of hydrogen-bond donors (Lipinski definition) is 0. The van der Waals surface area contributed by atoms with E-state index in [2.05, 4.69) is 0 Å². The van der Waals surface area contributed by atoms with Crippen LogP contribution in [0.3, 0.4) is 0 Å². The normalized spacial score (nSPS) is 9.81. The van der Waals surface area contributed by atoms with E-state index in [9.17, 15) is 4.39 Å². The lowest BCUT2D eigenvalue weighted by atomic mass is 10.0. The Hall–Kier alpha value is -1.85. The first kappa shape index (κ1) is 10.7. The van der Waals surface area contributed by atoms with Crippen LogP contribution in [0.25, 0.3) is 11.1 Å². The van der Waals surface area contributed by atoms with Crippen LogP contribution in [0.2, 0.25) is 5.02 Å². The summed E-state index contributed by atoms with van der Waals surface area (Å²) in [6, 6.07) is 13.9. The highest BCUT2D eigenvalue weighted by molar-refractivity contribution is 6.31. The molecule has 0 saturated heterocycles. The Labute approximate surface area is 97.7 Å². The first-order chi connectivity index (χ1) is 7.74. The van der Waals surface area contributed by atoms with Crippen molar-refractivity contribution in [2.45, 2.75) is 0 Å². The SMILES string of the molecule is N#Cc1c(Cl)ccc(-c2ccccc2)c1F. The summed E-state index contributed by atoms with van der Waals surface area (Å²) in [7, 11) is 0. The van der Waals surface area contributed by atoms with Crippen LogP contribution in [0.15, 0.2) is 42.5 Å². The van der Waals surface area contributed by atoms with E-state index in [1.165, 1.54) is 6.07 Å². The number of rotatable bonds is 1. The van der Waals surface area contributed by atoms with Crippen LogP contribution >= 0.6 is 11.6 Å². The summed E-state index contributed by atoms with van der Waals surface area (Å²) >= 11 is 5.73. The van der Waals surface area contributed by atoms with Crippen LogP contribution in [-0.4, -0.2) is 0 Å². The van der Waals surface area contributed by atoms with Gasteiger partial charge in [0.2, 0.25) is 0 Å². The number of nitrogens with zero attached hydrogens (tertiary/aromatic N) is 1. The number of benzene rings is 2. The Morgan fingerprint density at radius 1 is 1.06 bits per heavy atom. The van der Waals surface area contributed by atoms with Crippen molar-refractivity contribution < 1.29 is 4.39 Å². The molecular formula is C13H7ClFN. The minimum absolute atomic E-state index is 0.108. The Balaban J connectivity index is 2.65. The summed E-state index contributed by atoms with van der Waals surface area (Å²) in [4.78, 5) is 0. The largest absolute Gasteiger partial charge is 0.205 e. The molecule has 0 aliphatic heterocycles. The number of nitriles is 1. The summed E-state index contributed by atoms with van der Waals surface area (Å²) in [6.07, 6.45) is 0. The van der Waals surface area contributed by atoms with Crippen LogP contribution in [-0.2, 0) is 0 Å². The Bertz CT molecular complexity index is 558. The van der Waals surface area contributed by atoms with Crippen molar-refractivity contribution >= 4 is 11.6 Å². The molecule has 0 radical (unpaired) electrons. The van der Waals surface area contributed by atoms with E-state index in [0.29, 0.717) is 5.56 Å². The maximum Gasteiger partial charge on any atom is 0.150 e. The molecule has 3 heteroatoms. The van der Waals surface area contributed by atoms with Crippen molar-refractivity contribution in [3.63, 3.8) is 0 Å². The second-order valence-corrected chi connectivity index (χ2v) is 3.67. The third-order valence-corrected chi connectivity index (χ3v) is 2.60. The van der Waals surface area contributed by atoms with Gasteiger partial charge in [-0.1, -0.05) is 41.9 Å². The minimum Gasteiger partial charge on any atom is -0.205 e. The lowest BCUT2D eigenvalue weighted by Crippen LogP contribution is -1.90. The molecule has 0 unspecified atom stereocenters. The molecule has 0 aromatic heterocycles. The standard InChI is InChI=1S/C13H7ClFN/c14-12-7-6-10(13(15)11(12)8-16)9-4-2-1-3-5-9/h1-7H. The van der Waals surface area contributed by atoms with Crippen molar-refractivity contribution in [1.82, 2.24) is 0 Å². The van der Waals surface area contributed by atoms with Gasteiger partial charge in [-0.15, -0.1) is 0 Å². The van der Waals surface area contributed by atoms with Gasteiger partial charge in [0.25, 0.3) is 0 Å². The third-order valence-electron chi connectivity index (χ3n) is 2.29. The molecule has 0 amide bonds. The van der Waals surface area contributed by atoms with Gasteiger partial charge < -0.3 is 0 Å². The summed E-state index contributed by atoms with van der Waals surface area (Å²) in [5.41, 5.74) is 1.01. The van der Waals surface area contributed by atoms with E-state index in [0.717, 1.165) is 5.56 Å². The monoisotopic (exact) mass is 231 g/mol. The molecule has 0 aliphatic rings. The van der Waals surface area contributed by atoms with Crippen LogP contribution in [0.4, 0.5) is 4.39 Å². The van der Waals surface area contributed by atoms with Crippen LogP contribution < -0.4 is 0 Å². The van der Waals surface area contributed by atoms with Crippen molar-refractivity contribution in [3.8, 4) is 17.2 Å². The van der Waals surface area contributed by atoms with E-state index < -0.39 is 5.82 Å². The molecule has 78 valence electrons. The maximum absolute atomic E-state index is 13.9. The zero-order valence-corrected chi connectivity index (χ0v) is 9.00. The summed E-state index contributed by atoms with van der Waals surface area (Å²) in [5, 5.41) is 8.93. The van der Waals surface area contributed by atoms with Gasteiger partial charge in [-0.05, 0) is 17.7 Å². The molecule has 0 saturated carbocycles. The second-order valence-electron chi connectivity index (χ2n) is 3.26. The van der Waals surface area contributed by atoms with Gasteiger partial charge in [0.1, 0.15) is 17.4 Å². The van der Waals surface area contributed by atoms with Gasteiger partial charge in [-0.3, -0.25) is 0 Å². The minimum atomic E-state index is -0.568. The van der Waals surface area contributed by atoms with E-state index in [4.69, 9.17) is 16.9 Å². The lowest BCUT2D eigenvalue weighted by Gasteiger charge is -2.05. The molecular weight excluding hydrogens is 225 g/mol. The van der Waals surface area contributed by atoms with Crippen molar-refractivity contribution in [2.24, 2.45) is 0 Å². The lowest BCUT2D eigenvalue weighted by molar-refractivity contribution is 0.627. The molecule has 0 atom stereocenters. The molecule has 0 N–H and O–H groups in total. The smallest absolute Gasteiger partial charge is 0.150 e. The Morgan fingerprint density at radius 3 is 2.38 bits per heavy atom. The Morgan fingerprint density at radius 2 is 1.75 bits per heavy atom. The molecule has 0 aliphatic carbocycles. The zero-order valence-electron chi connectivity index (χ0n) is 8.24. The van der Waals surface area contributed by atoms with Crippen molar-refractivity contribution in [1.29, 1.82) is 5.26 Å². The van der Waals surface area contributed by atoms with E-state index in [1.54, 1.807) is 24.3 Å². The molecule has 0 bridgehead atoms. The second kappa shape index (κ2) is 4.34. The zero-order chi connectivity index (χ0) is 11.5. The molecule has 0 spiro atoms. The van der Waals surface area contributed by atoms with Gasteiger partial charge in [-0.25, -0.2) is 4.39 Å². The highest BCUT2D eigenvalue weighted by Crippen LogP contribution is 2.28. The molecule has 16 heavy (non-hydrogen) atoms. The average molecular weight is 232 g/mol. The maximum atomic E-state index is 13.9. The average Bonchev–Trinajstić information content (AvgIpc) is 2.31. The fourth-order valence-corrected chi connectivity index (χ4v) is 1.68. The van der Waals surface area contributed by atoms with Gasteiger partial charge in [0, 0.05) is 5.56 Å². The molecule has 2 aromatic carbocycles. The predicted molar refractivity (Wildman–Crippen MR) is 61.6 cm³/mol. The van der Waals surface area contributed by atoms with Gasteiger partial charge in [-0.2, -0.15) is 5.26 Å². The van der Waals surface area contributed by atoms with Gasteiger partial charge in [0.05, 0.1) is 5.02 Å². The van der Waals surface area contributed by atoms with Gasteiger partial charge >= 0.3 is 0 Å². The number of halogens is 2. The van der Waals surface area contributed by atoms with Gasteiger partial charge in [0.15, 0.2) is 0 Å². The van der Waals surface area contributed by atoms with E-state index >= 15 is 0 Å². The topological polar surface area (TPSA) is 23.8 Å². The molecule has 2 rings (SSSR count). The quantitative estimate of drug-likeness (QED) is 0.727. The number of hydrogen-bond acceptors (Lipinski definition) is 1. The Kier molecular flexibility index (Phi) is 2.89. The molecule has 0 heterocycles. The fourth-order valence-electron chi connectivity index (χ4n) is 1.50. The van der Waals surface area contributed by atoms with Crippen LogP contribution in [0, 0.1) is 17.1 Å². The van der Waals surface area contributed by atoms with Crippen molar-refractivity contribution in [3.05, 3.63) is 58.9 Å². The third kappa shape index (κ3) is 1.78. The van der Waals surface area contributed by atoms with E-state index in [1.807, 2.05) is 18.2 Å². The molecule has 1 nitrogen and oxygen atoms in total.